The first-order valence-corrected chi connectivity index (χ1v) is 6.46. The lowest BCUT2D eigenvalue weighted by Gasteiger charge is -2.24. The molecule has 0 aromatic rings. The van der Waals surface area contributed by atoms with Crippen LogP contribution in [0.15, 0.2) is 0 Å². The van der Waals surface area contributed by atoms with Crippen LogP contribution in [0.25, 0.3) is 0 Å². The predicted molar refractivity (Wildman–Crippen MR) is 64.6 cm³/mol. The number of carbonyl (C=O) groups is 3. The molecule has 0 aromatic carbocycles. The van der Waals surface area contributed by atoms with Gasteiger partial charge in [-0.1, -0.05) is 0 Å². The SMILES string of the molecule is O=C(O)CN(CC(=O)O)C(=O)NC(C1CC1)C1CC1. The van der Waals surface area contributed by atoms with Crippen molar-refractivity contribution in [1.82, 2.24) is 10.2 Å². The van der Waals surface area contributed by atoms with Crippen LogP contribution < -0.4 is 5.32 Å². The molecule has 0 atom stereocenters. The summed E-state index contributed by atoms with van der Waals surface area (Å²) in [5, 5.41) is 20.2. The number of urea groups is 1. The third kappa shape index (κ3) is 4.11. The molecule has 2 saturated carbocycles. The molecule has 2 aliphatic carbocycles. The van der Waals surface area contributed by atoms with Gasteiger partial charge in [0.25, 0.3) is 0 Å². The summed E-state index contributed by atoms with van der Waals surface area (Å²) in [5.41, 5.74) is 0. The van der Waals surface area contributed by atoms with Gasteiger partial charge in [-0.2, -0.15) is 0 Å². The minimum absolute atomic E-state index is 0.0811. The van der Waals surface area contributed by atoms with Crippen molar-refractivity contribution in [3.8, 4) is 0 Å². The standard InChI is InChI=1S/C12H18N2O5/c15-9(16)5-14(6-10(17)18)12(19)13-11(7-1-2-7)8-3-4-8/h7-8,11H,1-6H2,(H,13,19)(H,15,16)(H,17,18). The summed E-state index contributed by atoms with van der Waals surface area (Å²) in [6, 6.07) is -0.508. The van der Waals surface area contributed by atoms with Crippen LogP contribution in [-0.4, -0.2) is 52.2 Å². The Morgan fingerprint density at radius 2 is 1.42 bits per heavy atom. The molecule has 2 rings (SSSR count). The second-order valence-corrected chi connectivity index (χ2v) is 5.29. The zero-order chi connectivity index (χ0) is 14.0. The van der Waals surface area contributed by atoms with Gasteiger partial charge in [-0.05, 0) is 37.5 Å². The quantitative estimate of drug-likeness (QED) is 0.619. The number of aliphatic carboxylic acids is 2. The number of amides is 2. The fourth-order valence-corrected chi connectivity index (χ4v) is 2.29. The number of nitrogens with zero attached hydrogens (tertiary/aromatic N) is 1. The van der Waals surface area contributed by atoms with Crippen LogP contribution in [0.3, 0.4) is 0 Å². The molecule has 0 heterocycles. The molecule has 0 radical (unpaired) electrons. The Balaban J connectivity index is 1.92. The van der Waals surface area contributed by atoms with Crippen LogP contribution in [0.5, 0.6) is 0 Å². The lowest BCUT2D eigenvalue weighted by atomic mass is 10.1. The number of hydrogen-bond acceptors (Lipinski definition) is 3. The zero-order valence-electron chi connectivity index (χ0n) is 10.5. The van der Waals surface area contributed by atoms with Crippen molar-refractivity contribution < 1.29 is 24.6 Å². The third-order valence-electron chi connectivity index (χ3n) is 3.49. The second kappa shape index (κ2) is 5.46. The molecule has 19 heavy (non-hydrogen) atoms. The molecule has 3 N–H and O–H groups in total. The first-order chi connectivity index (χ1) is 8.97. The summed E-state index contributed by atoms with van der Waals surface area (Å²) < 4.78 is 0. The zero-order valence-corrected chi connectivity index (χ0v) is 10.5. The van der Waals surface area contributed by atoms with Gasteiger partial charge in [-0.25, -0.2) is 4.79 Å². The fourth-order valence-electron chi connectivity index (χ4n) is 2.29. The van der Waals surface area contributed by atoms with Crippen molar-refractivity contribution in [3.05, 3.63) is 0 Å². The summed E-state index contributed by atoms with van der Waals surface area (Å²) in [4.78, 5) is 34.1. The van der Waals surface area contributed by atoms with Crippen LogP contribution in [-0.2, 0) is 9.59 Å². The molecule has 7 heteroatoms. The maximum atomic E-state index is 12.0. The Morgan fingerprint density at radius 1 is 1.00 bits per heavy atom. The minimum Gasteiger partial charge on any atom is -0.480 e. The van der Waals surface area contributed by atoms with E-state index in [1.807, 2.05) is 0 Å². The van der Waals surface area contributed by atoms with Crippen molar-refractivity contribution in [2.24, 2.45) is 11.8 Å². The van der Waals surface area contributed by atoms with E-state index in [9.17, 15) is 14.4 Å². The van der Waals surface area contributed by atoms with Crippen LogP contribution in [0, 0.1) is 11.8 Å². The lowest BCUT2D eigenvalue weighted by molar-refractivity contribution is -0.140. The third-order valence-corrected chi connectivity index (χ3v) is 3.49. The van der Waals surface area contributed by atoms with E-state index in [-0.39, 0.29) is 6.04 Å². The molecule has 0 bridgehead atoms. The Kier molecular flexibility index (Phi) is 3.92. The fraction of sp³-hybridized carbons (Fsp3) is 0.750. The molecule has 0 aliphatic heterocycles. The Hall–Kier alpha value is -1.79. The van der Waals surface area contributed by atoms with Gasteiger partial charge in [-0.3, -0.25) is 9.59 Å². The molecule has 0 unspecified atom stereocenters. The topological polar surface area (TPSA) is 107 Å². The molecule has 2 amide bonds. The second-order valence-electron chi connectivity index (χ2n) is 5.29. The summed E-state index contributed by atoms with van der Waals surface area (Å²) in [7, 11) is 0. The monoisotopic (exact) mass is 270 g/mol. The number of carbonyl (C=O) groups excluding carboxylic acids is 1. The van der Waals surface area contributed by atoms with Crippen LogP contribution >= 0.6 is 0 Å². The summed E-state index contributed by atoms with van der Waals surface area (Å²) in [6.07, 6.45) is 4.33. The Labute approximate surface area is 110 Å². The average Bonchev–Trinajstić information content (AvgIpc) is 3.13. The number of rotatable bonds is 7. The molecule has 0 spiro atoms. The van der Waals surface area contributed by atoms with E-state index < -0.39 is 31.1 Å². The van der Waals surface area contributed by atoms with Crippen molar-refractivity contribution >= 4 is 18.0 Å². The first-order valence-electron chi connectivity index (χ1n) is 6.46. The van der Waals surface area contributed by atoms with Gasteiger partial charge >= 0.3 is 18.0 Å². The number of carboxylic acid groups (broad SMARTS) is 2. The van der Waals surface area contributed by atoms with E-state index in [1.165, 1.54) is 0 Å². The Bertz CT molecular complexity index is 362. The normalized spacial score (nSPS) is 18.2. The van der Waals surface area contributed by atoms with Crippen molar-refractivity contribution in [3.63, 3.8) is 0 Å². The molecular weight excluding hydrogens is 252 g/mol. The highest BCUT2D eigenvalue weighted by molar-refractivity contribution is 5.84. The number of hydrogen-bond donors (Lipinski definition) is 3. The summed E-state index contributed by atoms with van der Waals surface area (Å²) >= 11 is 0. The van der Waals surface area contributed by atoms with E-state index in [1.54, 1.807) is 0 Å². The summed E-state index contributed by atoms with van der Waals surface area (Å²) in [5.74, 6) is -1.47. The van der Waals surface area contributed by atoms with Gasteiger partial charge in [0.15, 0.2) is 0 Å². The van der Waals surface area contributed by atoms with Crippen molar-refractivity contribution in [2.75, 3.05) is 13.1 Å². The van der Waals surface area contributed by atoms with Gasteiger partial charge in [0.05, 0.1) is 0 Å². The van der Waals surface area contributed by atoms with Gasteiger partial charge in [0.1, 0.15) is 13.1 Å². The smallest absolute Gasteiger partial charge is 0.323 e. The van der Waals surface area contributed by atoms with E-state index in [4.69, 9.17) is 10.2 Å². The van der Waals surface area contributed by atoms with Gasteiger partial charge < -0.3 is 20.4 Å². The van der Waals surface area contributed by atoms with E-state index >= 15 is 0 Å². The van der Waals surface area contributed by atoms with Crippen LogP contribution in [0.1, 0.15) is 25.7 Å². The van der Waals surface area contributed by atoms with Crippen LogP contribution in [0.4, 0.5) is 4.79 Å². The molecule has 0 aromatic heterocycles. The number of carboxylic acids is 2. The molecular formula is C12H18N2O5. The highest BCUT2D eigenvalue weighted by Crippen LogP contribution is 2.44. The van der Waals surface area contributed by atoms with Gasteiger partial charge in [0, 0.05) is 6.04 Å². The molecule has 0 saturated heterocycles. The maximum Gasteiger partial charge on any atom is 0.323 e. The largest absolute Gasteiger partial charge is 0.480 e. The molecule has 2 fully saturated rings. The van der Waals surface area contributed by atoms with E-state index in [2.05, 4.69) is 5.32 Å². The van der Waals surface area contributed by atoms with Gasteiger partial charge in [0.2, 0.25) is 0 Å². The predicted octanol–water partition coefficient (Wildman–Crippen LogP) is 0.356. The highest BCUT2D eigenvalue weighted by atomic mass is 16.4. The molecule has 2 aliphatic rings. The van der Waals surface area contributed by atoms with Gasteiger partial charge in [-0.15, -0.1) is 0 Å². The van der Waals surface area contributed by atoms with Crippen LogP contribution in [0.2, 0.25) is 0 Å². The van der Waals surface area contributed by atoms with E-state index in [0.717, 1.165) is 30.6 Å². The average molecular weight is 270 g/mol. The summed E-state index contributed by atoms with van der Waals surface area (Å²) in [6.45, 7) is -1.19. The highest BCUT2D eigenvalue weighted by Gasteiger charge is 2.42. The van der Waals surface area contributed by atoms with Crippen molar-refractivity contribution in [1.29, 1.82) is 0 Å². The number of nitrogens with one attached hydrogen (secondary N) is 1. The lowest BCUT2D eigenvalue weighted by Crippen LogP contribution is -2.49. The molecule has 7 nitrogen and oxygen atoms in total. The minimum atomic E-state index is -1.22. The Morgan fingerprint density at radius 3 is 1.74 bits per heavy atom. The molecule has 106 valence electrons. The van der Waals surface area contributed by atoms with E-state index in [0.29, 0.717) is 11.8 Å². The van der Waals surface area contributed by atoms with Crippen molar-refractivity contribution in [2.45, 2.75) is 31.7 Å². The first kappa shape index (κ1) is 13.6. The maximum absolute atomic E-state index is 12.0.